The number of Topliss-reactive ketones (excluding diaryl/α,β-unsaturated/α-hetero) is 2. The van der Waals surface area contributed by atoms with E-state index in [0.717, 1.165) is 4.57 Å². The van der Waals surface area contributed by atoms with E-state index in [-0.39, 0.29) is 62.5 Å². The molecule has 0 unspecified atom stereocenters. The lowest BCUT2D eigenvalue weighted by Gasteiger charge is -2.42. The quantitative estimate of drug-likeness (QED) is 0.292. The zero-order valence-electron chi connectivity index (χ0n) is 26.3. The minimum absolute atomic E-state index is 0.00308. The molecule has 2 aromatic carbocycles. The Morgan fingerprint density at radius 3 is 2.33 bits per heavy atom. The third-order valence-electron chi connectivity index (χ3n) is 9.40. The van der Waals surface area contributed by atoms with Gasteiger partial charge in [0.2, 0.25) is 17.2 Å². The third kappa shape index (κ3) is 4.06. The van der Waals surface area contributed by atoms with Crippen LogP contribution >= 0.6 is 11.6 Å². The minimum atomic E-state index is -2.07. The van der Waals surface area contributed by atoms with E-state index in [1.54, 1.807) is 31.2 Å². The van der Waals surface area contributed by atoms with Crippen LogP contribution in [0.3, 0.4) is 0 Å². The average molecular weight is 674 g/mol. The van der Waals surface area contributed by atoms with E-state index in [2.05, 4.69) is 5.32 Å². The van der Waals surface area contributed by atoms with Crippen molar-refractivity contribution in [3.63, 3.8) is 0 Å². The van der Waals surface area contributed by atoms with Crippen molar-refractivity contribution >= 4 is 35.0 Å². The first kappa shape index (κ1) is 31.1. The van der Waals surface area contributed by atoms with Crippen molar-refractivity contribution in [2.24, 2.45) is 20.0 Å². The van der Waals surface area contributed by atoms with Gasteiger partial charge < -0.3 is 29.1 Å². The van der Waals surface area contributed by atoms with Crippen LogP contribution < -0.4 is 30.8 Å². The molecule has 4 aromatic rings. The standard InChI is InChI=1S/C34H28ClN3O10/c1-14-12-17-22(28(39)34(14)29(40)24-20(45-4)13-21(46-5)26(35)27(24)48-34)23(25-30(36-17)37(2)33(44)38(3)31(25)41)19-11-10-18(47-19)15-6-8-16(9-7-15)32(42)43/h6-11,13-14,23,36H,12H2,1-5H3,(H,42,43)/t14-,23+,34+/m1/s1. The van der Waals surface area contributed by atoms with E-state index in [4.69, 9.17) is 30.2 Å². The van der Waals surface area contributed by atoms with Crippen molar-refractivity contribution in [3.8, 4) is 28.6 Å². The number of ether oxygens (including phenoxy) is 3. The van der Waals surface area contributed by atoms with Crippen LogP contribution in [0.4, 0.5) is 5.82 Å². The molecule has 3 atom stereocenters. The van der Waals surface area contributed by atoms with Crippen LogP contribution in [0.25, 0.3) is 11.3 Å². The number of aromatic nitrogens is 2. The van der Waals surface area contributed by atoms with E-state index in [0.29, 0.717) is 17.0 Å². The van der Waals surface area contributed by atoms with Gasteiger partial charge in [0, 0.05) is 42.9 Å². The molecule has 48 heavy (non-hydrogen) atoms. The number of fused-ring (bicyclic) bond motifs is 2. The molecule has 1 aliphatic carbocycles. The topological polar surface area (TPSA) is 168 Å². The second-order valence-corrected chi connectivity index (χ2v) is 12.3. The summed E-state index contributed by atoms with van der Waals surface area (Å²) >= 11 is 6.62. The van der Waals surface area contributed by atoms with Crippen LogP contribution in [0.1, 0.15) is 51.3 Å². The molecule has 246 valence electrons. The molecular weight excluding hydrogens is 646 g/mol. The van der Waals surface area contributed by atoms with Crippen molar-refractivity contribution in [3.05, 3.63) is 102 Å². The lowest BCUT2D eigenvalue weighted by atomic mass is 9.66. The van der Waals surface area contributed by atoms with Gasteiger partial charge in [-0.15, -0.1) is 0 Å². The molecule has 7 rings (SSSR count). The highest BCUT2D eigenvalue weighted by Crippen LogP contribution is 2.56. The minimum Gasteiger partial charge on any atom is -0.496 e. The number of furan rings is 1. The summed E-state index contributed by atoms with van der Waals surface area (Å²) in [7, 11) is 5.60. The number of carboxylic acid groups (broad SMARTS) is 1. The fourth-order valence-electron chi connectivity index (χ4n) is 6.91. The van der Waals surface area contributed by atoms with Crippen molar-refractivity contribution < 1.29 is 38.1 Å². The molecule has 2 aliphatic heterocycles. The number of nitrogens with zero attached hydrogens (tertiary/aromatic N) is 2. The van der Waals surface area contributed by atoms with Crippen molar-refractivity contribution in [2.75, 3.05) is 19.5 Å². The maximum Gasteiger partial charge on any atom is 0.335 e. The van der Waals surface area contributed by atoms with Crippen molar-refractivity contribution in [1.82, 2.24) is 9.13 Å². The first-order chi connectivity index (χ1) is 22.8. The highest BCUT2D eigenvalue weighted by molar-refractivity contribution is 6.36. The second-order valence-electron chi connectivity index (χ2n) is 11.9. The largest absolute Gasteiger partial charge is 0.496 e. The van der Waals surface area contributed by atoms with Gasteiger partial charge in [0.25, 0.3) is 5.56 Å². The van der Waals surface area contributed by atoms with E-state index < -0.39 is 46.2 Å². The Hall–Kier alpha value is -5.56. The number of benzene rings is 2. The molecule has 1 spiro atoms. The van der Waals surface area contributed by atoms with Gasteiger partial charge in [-0.3, -0.25) is 23.5 Å². The Morgan fingerprint density at radius 2 is 1.69 bits per heavy atom. The van der Waals surface area contributed by atoms with Gasteiger partial charge in [-0.1, -0.05) is 30.7 Å². The Balaban J connectivity index is 1.43. The molecule has 0 bridgehead atoms. The monoisotopic (exact) mass is 673 g/mol. The lowest BCUT2D eigenvalue weighted by Crippen LogP contribution is -2.58. The zero-order chi connectivity index (χ0) is 34.4. The number of allylic oxidation sites excluding steroid dienone is 1. The molecule has 0 amide bonds. The predicted octanol–water partition coefficient (Wildman–Crippen LogP) is 4.15. The van der Waals surface area contributed by atoms with Crippen molar-refractivity contribution in [2.45, 2.75) is 24.9 Å². The van der Waals surface area contributed by atoms with E-state index >= 15 is 4.79 Å². The number of carbonyl (C=O) groups is 3. The zero-order valence-corrected chi connectivity index (χ0v) is 27.1. The highest BCUT2D eigenvalue weighted by atomic mass is 35.5. The molecule has 0 radical (unpaired) electrons. The van der Waals surface area contributed by atoms with Crippen LogP contribution in [0.5, 0.6) is 17.2 Å². The predicted molar refractivity (Wildman–Crippen MR) is 172 cm³/mol. The first-order valence-electron chi connectivity index (χ1n) is 14.8. The van der Waals surface area contributed by atoms with Gasteiger partial charge in [0.1, 0.15) is 39.4 Å². The number of methoxy groups -OCH3 is 2. The Bertz CT molecular complexity index is 2260. The van der Waals surface area contributed by atoms with Crippen LogP contribution in [0.2, 0.25) is 5.02 Å². The SMILES string of the molecule is COc1cc(OC)c2c(c1Cl)O[C@@]1(C(=O)C3=C(C[C@H]1C)Nc1c(c(=O)n(C)c(=O)n1C)[C@H]3c1ccc(-c3ccc(C(=O)O)cc3)o1)C2=O. The molecule has 14 heteroatoms. The number of halogens is 1. The Labute approximate surface area is 276 Å². The third-order valence-corrected chi connectivity index (χ3v) is 9.76. The Morgan fingerprint density at radius 1 is 1.00 bits per heavy atom. The van der Waals surface area contributed by atoms with Gasteiger partial charge in [-0.25, -0.2) is 9.59 Å². The van der Waals surface area contributed by atoms with Crippen LogP contribution in [-0.4, -0.2) is 51.6 Å². The fourth-order valence-corrected chi connectivity index (χ4v) is 7.18. The van der Waals surface area contributed by atoms with Gasteiger partial charge >= 0.3 is 11.7 Å². The summed E-state index contributed by atoms with van der Waals surface area (Å²) in [4.78, 5) is 67.7. The highest BCUT2D eigenvalue weighted by Gasteiger charge is 2.64. The summed E-state index contributed by atoms with van der Waals surface area (Å²) in [6.45, 7) is 1.70. The number of nitrogens with one attached hydrogen (secondary N) is 1. The number of hydrogen-bond acceptors (Lipinski definition) is 10. The van der Waals surface area contributed by atoms with Gasteiger partial charge in [0.15, 0.2) is 5.75 Å². The summed E-state index contributed by atoms with van der Waals surface area (Å²) in [6, 6.07) is 10.7. The molecule has 2 N–H and O–H groups in total. The maximum atomic E-state index is 15.0. The van der Waals surface area contributed by atoms with Crippen LogP contribution in [-0.2, 0) is 18.9 Å². The second kappa shape index (κ2) is 10.7. The average Bonchev–Trinajstić information content (AvgIpc) is 3.69. The summed E-state index contributed by atoms with van der Waals surface area (Å²) < 4.78 is 25.7. The van der Waals surface area contributed by atoms with Gasteiger partial charge in [-0.2, -0.15) is 0 Å². The number of carboxylic acids is 1. The Kier molecular flexibility index (Phi) is 6.95. The fraction of sp³-hybridized carbons (Fsp3) is 0.265. The molecule has 13 nitrogen and oxygen atoms in total. The number of hydrogen-bond donors (Lipinski definition) is 2. The number of anilines is 1. The summed E-state index contributed by atoms with van der Waals surface area (Å²) in [5.74, 6) is -3.42. The van der Waals surface area contributed by atoms with Gasteiger partial charge in [0.05, 0.1) is 31.3 Å². The number of ketones is 2. The summed E-state index contributed by atoms with van der Waals surface area (Å²) in [5.41, 5.74) is -2.19. The van der Waals surface area contributed by atoms with Crippen LogP contribution in [0.15, 0.2) is 67.7 Å². The van der Waals surface area contributed by atoms with E-state index in [1.807, 2.05) is 0 Å². The number of rotatable bonds is 5. The van der Waals surface area contributed by atoms with Gasteiger partial charge in [-0.05, 0) is 30.7 Å². The molecule has 2 aromatic heterocycles. The lowest BCUT2D eigenvalue weighted by molar-refractivity contribution is -0.130. The molecule has 3 aliphatic rings. The maximum absolute atomic E-state index is 15.0. The van der Waals surface area contributed by atoms with E-state index in [9.17, 15) is 24.3 Å². The first-order valence-corrected chi connectivity index (χ1v) is 15.2. The normalized spacial score (nSPS) is 21.0. The smallest absolute Gasteiger partial charge is 0.335 e. The molecule has 4 heterocycles. The van der Waals surface area contributed by atoms with Crippen LogP contribution in [0, 0.1) is 5.92 Å². The molecular formula is C34H28ClN3O10. The molecule has 0 saturated heterocycles. The molecule has 0 fully saturated rings. The number of carbonyl (C=O) groups excluding carboxylic acids is 2. The number of aromatic carboxylic acids is 1. The summed E-state index contributed by atoms with van der Waals surface area (Å²) in [5, 5.41) is 12.5. The van der Waals surface area contributed by atoms with Crippen molar-refractivity contribution in [1.29, 1.82) is 0 Å². The molecule has 0 saturated carbocycles. The van der Waals surface area contributed by atoms with E-state index in [1.165, 1.54) is 51.1 Å². The summed E-state index contributed by atoms with van der Waals surface area (Å²) in [6.07, 6.45) is 0.113.